The Balaban J connectivity index is 2.36. The molecule has 1 fully saturated rings. The van der Waals surface area contributed by atoms with Gasteiger partial charge in [0.1, 0.15) is 6.29 Å². The number of likely N-dealkylation sites (tertiary alicyclic amines) is 1. The number of piperidine rings is 1. The zero-order valence-electron chi connectivity index (χ0n) is 6.99. The third-order valence-electron chi connectivity index (χ3n) is 2.10. The normalized spacial score (nSPS) is 33.6. The zero-order valence-corrected chi connectivity index (χ0v) is 6.99. The summed E-state index contributed by atoms with van der Waals surface area (Å²) in [6, 6.07) is 0.263. The molecule has 0 aromatic heterocycles. The van der Waals surface area contributed by atoms with E-state index < -0.39 is 0 Å². The minimum Gasteiger partial charge on any atom is -0.327 e. The van der Waals surface area contributed by atoms with Crippen molar-refractivity contribution >= 4 is 6.29 Å². The third-order valence-corrected chi connectivity index (χ3v) is 2.10. The van der Waals surface area contributed by atoms with Crippen LogP contribution in [0.1, 0.15) is 13.3 Å². The van der Waals surface area contributed by atoms with Crippen molar-refractivity contribution in [2.75, 3.05) is 19.6 Å². The first-order valence-electron chi connectivity index (χ1n) is 4.14. The first kappa shape index (κ1) is 8.68. The van der Waals surface area contributed by atoms with E-state index in [9.17, 15) is 4.79 Å². The molecule has 0 amide bonds. The number of hydrogen-bond donors (Lipinski definition) is 1. The van der Waals surface area contributed by atoms with E-state index in [1.165, 1.54) is 0 Å². The standard InChI is InChI=1S/C8H16N2O/c1-7-4-8(9)6-10(5-7)2-3-11/h3,7-8H,2,4-6,9H2,1H3/t7-,8-/m1/s1. The molecule has 2 N–H and O–H groups in total. The van der Waals surface area contributed by atoms with E-state index in [0.29, 0.717) is 12.5 Å². The monoisotopic (exact) mass is 156 g/mol. The lowest BCUT2D eigenvalue weighted by Gasteiger charge is -2.33. The molecule has 3 heteroatoms. The lowest BCUT2D eigenvalue weighted by Crippen LogP contribution is -2.46. The van der Waals surface area contributed by atoms with E-state index in [-0.39, 0.29) is 6.04 Å². The predicted octanol–water partition coefficient (Wildman–Crippen LogP) is -0.146. The molecule has 1 aliphatic rings. The average Bonchev–Trinajstić information content (AvgIpc) is 1.85. The minimum atomic E-state index is 0.263. The summed E-state index contributed by atoms with van der Waals surface area (Å²) in [6.07, 6.45) is 2.04. The van der Waals surface area contributed by atoms with Crippen LogP contribution in [0.5, 0.6) is 0 Å². The molecule has 0 spiro atoms. The van der Waals surface area contributed by atoms with Gasteiger partial charge < -0.3 is 10.5 Å². The highest BCUT2D eigenvalue weighted by Crippen LogP contribution is 2.13. The Hall–Kier alpha value is -0.410. The summed E-state index contributed by atoms with van der Waals surface area (Å²) >= 11 is 0. The molecule has 0 aromatic rings. The van der Waals surface area contributed by atoms with E-state index in [1.54, 1.807) is 0 Å². The quantitative estimate of drug-likeness (QED) is 0.566. The van der Waals surface area contributed by atoms with Crippen LogP contribution in [0.25, 0.3) is 0 Å². The number of carbonyl (C=O) groups is 1. The topological polar surface area (TPSA) is 46.3 Å². The van der Waals surface area contributed by atoms with Gasteiger partial charge in [0.25, 0.3) is 0 Å². The molecular weight excluding hydrogens is 140 g/mol. The summed E-state index contributed by atoms with van der Waals surface area (Å²) in [5.74, 6) is 0.638. The second-order valence-corrected chi connectivity index (χ2v) is 3.49. The lowest BCUT2D eigenvalue weighted by molar-refractivity contribution is -0.109. The Labute approximate surface area is 67.5 Å². The highest BCUT2D eigenvalue weighted by molar-refractivity contribution is 5.52. The Morgan fingerprint density at radius 1 is 1.64 bits per heavy atom. The highest BCUT2D eigenvalue weighted by Gasteiger charge is 2.20. The Morgan fingerprint density at radius 3 is 2.91 bits per heavy atom. The number of nitrogens with two attached hydrogens (primary N) is 1. The van der Waals surface area contributed by atoms with Crippen molar-refractivity contribution in [2.45, 2.75) is 19.4 Å². The first-order valence-corrected chi connectivity index (χ1v) is 4.14. The maximum atomic E-state index is 10.2. The van der Waals surface area contributed by atoms with Gasteiger partial charge in [0, 0.05) is 19.1 Å². The average molecular weight is 156 g/mol. The molecule has 1 saturated heterocycles. The summed E-state index contributed by atoms with van der Waals surface area (Å²) in [6.45, 7) is 4.62. The van der Waals surface area contributed by atoms with Gasteiger partial charge in [-0.3, -0.25) is 4.90 Å². The van der Waals surface area contributed by atoms with Gasteiger partial charge in [0.2, 0.25) is 0 Å². The van der Waals surface area contributed by atoms with Crippen molar-refractivity contribution in [3.05, 3.63) is 0 Å². The van der Waals surface area contributed by atoms with Crippen LogP contribution in [0.15, 0.2) is 0 Å². The predicted molar refractivity (Wildman–Crippen MR) is 44.3 cm³/mol. The fraction of sp³-hybridized carbons (Fsp3) is 0.875. The molecule has 0 aliphatic carbocycles. The zero-order chi connectivity index (χ0) is 8.27. The van der Waals surface area contributed by atoms with Crippen molar-refractivity contribution in [1.29, 1.82) is 0 Å². The number of hydrogen-bond acceptors (Lipinski definition) is 3. The molecule has 0 unspecified atom stereocenters. The van der Waals surface area contributed by atoms with Gasteiger partial charge in [-0.25, -0.2) is 0 Å². The van der Waals surface area contributed by atoms with Gasteiger partial charge in [0.15, 0.2) is 0 Å². The number of aldehydes is 1. The van der Waals surface area contributed by atoms with Crippen LogP contribution >= 0.6 is 0 Å². The van der Waals surface area contributed by atoms with E-state index in [0.717, 1.165) is 25.8 Å². The van der Waals surface area contributed by atoms with Gasteiger partial charge in [-0.2, -0.15) is 0 Å². The number of carbonyl (C=O) groups excluding carboxylic acids is 1. The molecule has 1 aliphatic heterocycles. The summed E-state index contributed by atoms with van der Waals surface area (Å²) in [5.41, 5.74) is 5.79. The van der Waals surface area contributed by atoms with Crippen molar-refractivity contribution in [3.63, 3.8) is 0 Å². The van der Waals surface area contributed by atoms with Crippen LogP contribution in [0, 0.1) is 5.92 Å². The molecule has 0 saturated carbocycles. The van der Waals surface area contributed by atoms with E-state index in [1.807, 2.05) is 0 Å². The van der Waals surface area contributed by atoms with Crippen LogP contribution in [0.3, 0.4) is 0 Å². The molecule has 11 heavy (non-hydrogen) atoms. The first-order chi connectivity index (χ1) is 5.22. The largest absolute Gasteiger partial charge is 0.327 e. The van der Waals surface area contributed by atoms with Crippen LogP contribution in [0.2, 0.25) is 0 Å². The second-order valence-electron chi connectivity index (χ2n) is 3.49. The molecule has 0 radical (unpaired) electrons. The lowest BCUT2D eigenvalue weighted by atomic mass is 9.97. The SMILES string of the molecule is C[C@@H]1C[C@@H](N)CN(CC=O)C1. The van der Waals surface area contributed by atoms with Crippen LogP contribution in [-0.2, 0) is 4.79 Å². The Bertz CT molecular complexity index is 128. The van der Waals surface area contributed by atoms with Crippen LogP contribution in [0.4, 0.5) is 0 Å². The van der Waals surface area contributed by atoms with Crippen LogP contribution in [-0.4, -0.2) is 36.9 Å². The molecule has 1 rings (SSSR count). The van der Waals surface area contributed by atoms with Crippen molar-refractivity contribution in [3.8, 4) is 0 Å². The maximum Gasteiger partial charge on any atom is 0.133 e. The number of rotatable bonds is 2. The van der Waals surface area contributed by atoms with Crippen LogP contribution < -0.4 is 5.73 Å². The van der Waals surface area contributed by atoms with E-state index in [2.05, 4.69) is 11.8 Å². The summed E-state index contributed by atoms with van der Waals surface area (Å²) in [7, 11) is 0. The second kappa shape index (κ2) is 3.83. The van der Waals surface area contributed by atoms with Crippen molar-refractivity contribution in [1.82, 2.24) is 4.90 Å². The van der Waals surface area contributed by atoms with Gasteiger partial charge >= 0.3 is 0 Å². The summed E-state index contributed by atoms with van der Waals surface area (Å²) in [5, 5.41) is 0. The molecule has 0 aromatic carbocycles. The smallest absolute Gasteiger partial charge is 0.133 e. The highest BCUT2D eigenvalue weighted by atomic mass is 16.1. The van der Waals surface area contributed by atoms with Gasteiger partial charge in [-0.1, -0.05) is 6.92 Å². The van der Waals surface area contributed by atoms with Gasteiger partial charge in [-0.15, -0.1) is 0 Å². The fourth-order valence-corrected chi connectivity index (χ4v) is 1.77. The fourth-order valence-electron chi connectivity index (χ4n) is 1.77. The Kier molecular flexibility index (Phi) is 3.02. The van der Waals surface area contributed by atoms with Crippen molar-refractivity contribution < 1.29 is 4.79 Å². The third kappa shape index (κ3) is 2.60. The molecule has 2 atom stereocenters. The maximum absolute atomic E-state index is 10.2. The van der Waals surface area contributed by atoms with E-state index in [4.69, 9.17) is 5.73 Å². The Morgan fingerprint density at radius 2 is 2.36 bits per heavy atom. The van der Waals surface area contributed by atoms with E-state index >= 15 is 0 Å². The summed E-state index contributed by atoms with van der Waals surface area (Å²) < 4.78 is 0. The number of nitrogens with zero attached hydrogens (tertiary/aromatic N) is 1. The molecule has 3 nitrogen and oxygen atoms in total. The molecule has 1 heterocycles. The molecular formula is C8H16N2O. The molecule has 64 valence electrons. The van der Waals surface area contributed by atoms with Crippen molar-refractivity contribution in [2.24, 2.45) is 11.7 Å². The summed E-state index contributed by atoms with van der Waals surface area (Å²) in [4.78, 5) is 12.3. The minimum absolute atomic E-state index is 0.263. The van der Waals surface area contributed by atoms with Gasteiger partial charge in [0.05, 0.1) is 6.54 Å². The molecule has 0 bridgehead atoms. The van der Waals surface area contributed by atoms with Gasteiger partial charge in [-0.05, 0) is 12.3 Å².